The minimum atomic E-state index is -0.547. The number of ether oxygens (including phenoxy) is 1. The van der Waals surface area contributed by atoms with Gasteiger partial charge in [0.05, 0.1) is 0 Å². The Morgan fingerprint density at radius 3 is 2.61 bits per heavy atom. The van der Waals surface area contributed by atoms with Gasteiger partial charge >= 0.3 is 5.97 Å². The van der Waals surface area contributed by atoms with Gasteiger partial charge in [0.2, 0.25) is 0 Å². The maximum Gasteiger partial charge on any atom is 0.337 e. The van der Waals surface area contributed by atoms with Crippen molar-refractivity contribution in [1.82, 2.24) is 0 Å². The molecule has 1 aromatic carbocycles. The molecular weight excluding hydrogens is 230 g/mol. The van der Waals surface area contributed by atoms with Gasteiger partial charge < -0.3 is 14.9 Å². The molecule has 0 amide bonds. The molecule has 0 aliphatic carbocycles. The van der Waals surface area contributed by atoms with Gasteiger partial charge in [-0.3, -0.25) is 0 Å². The minimum Gasteiger partial charge on any atom is -0.425 e. The van der Waals surface area contributed by atoms with Crippen LogP contribution < -0.4 is 10.5 Å². The minimum absolute atomic E-state index is 0.151. The lowest BCUT2D eigenvalue weighted by atomic mass is 10.1. The van der Waals surface area contributed by atoms with E-state index in [9.17, 15) is 4.79 Å². The van der Waals surface area contributed by atoms with Crippen molar-refractivity contribution in [3.63, 3.8) is 0 Å². The molecule has 0 saturated carbocycles. The Kier molecular flexibility index (Phi) is 3.60. The molecule has 2 aromatic rings. The van der Waals surface area contributed by atoms with Gasteiger partial charge in [0.1, 0.15) is 5.76 Å². The van der Waals surface area contributed by atoms with E-state index in [4.69, 9.17) is 14.9 Å². The van der Waals surface area contributed by atoms with E-state index in [1.807, 2.05) is 24.3 Å². The molecule has 0 spiro atoms. The quantitative estimate of drug-likeness (QED) is 0.661. The van der Waals surface area contributed by atoms with E-state index >= 15 is 0 Å². The summed E-state index contributed by atoms with van der Waals surface area (Å²) in [6.07, 6.45) is 1.08. The lowest BCUT2D eigenvalue weighted by Crippen LogP contribution is -2.01. The van der Waals surface area contributed by atoms with Gasteiger partial charge in [0, 0.05) is 24.3 Å². The topological polar surface area (TPSA) is 65.5 Å². The summed E-state index contributed by atoms with van der Waals surface area (Å²) in [5.74, 6) is 0.234. The first-order chi connectivity index (χ1) is 8.72. The van der Waals surface area contributed by atoms with Crippen molar-refractivity contribution >= 4 is 5.97 Å². The maximum absolute atomic E-state index is 11.0. The summed E-state index contributed by atoms with van der Waals surface area (Å²) in [6, 6.07) is 11.0. The highest BCUT2D eigenvalue weighted by Crippen LogP contribution is 2.26. The molecule has 0 unspecified atom stereocenters. The van der Waals surface area contributed by atoms with Crippen molar-refractivity contribution in [2.45, 2.75) is 6.54 Å². The van der Waals surface area contributed by atoms with Crippen LogP contribution in [0.2, 0.25) is 0 Å². The zero-order chi connectivity index (χ0) is 13.0. The predicted octanol–water partition coefficient (Wildman–Crippen LogP) is 2.50. The zero-order valence-electron chi connectivity index (χ0n) is 9.76. The number of hydrogen-bond acceptors (Lipinski definition) is 4. The van der Waals surface area contributed by atoms with Gasteiger partial charge in [0.15, 0.2) is 0 Å². The van der Waals surface area contributed by atoms with Crippen molar-refractivity contribution in [2.75, 3.05) is 0 Å². The lowest BCUT2D eigenvalue weighted by molar-refractivity contribution is -0.130. The second-order valence-corrected chi connectivity index (χ2v) is 3.64. The molecule has 4 nitrogen and oxygen atoms in total. The van der Waals surface area contributed by atoms with E-state index in [-0.39, 0.29) is 5.95 Å². The second-order valence-electron chi connectivity index (χ2n) is 3.64. The third-order valence-electron chi connectivity index (χ3n) is 2.42. The van der Waals surface area contributed by atoms with E-state index in [1.54, 1.807) is 12.1 Å². The molecule has 0 radical (unpaired) electrons. The van der Waals surface area contributed by atoms with E-state index in [1.165, 1.54) is 0 Å². The number of nitrogens with two attached hydrogens (primary N) is 1. The summed E-state index contributed by atoms with van der Waals surface area (Å²) in [6.45, 7) is 3.81. The number of carbonyl (C=O) groups is 1. The third kappa shape index (κ3) is 2.67. The summed E-state index contributed by atoms with van der Waals surface area (Å²) >= 11 is 0. The van der Waals surface area contributed by atoms with Crippen LogP contribution in [0, 0.1) is 0 Å². The molecule has 2 N–H and O–H groups in total. The first kappa shape index (κ1) is 12.1. The van der Waals surface area contributed by atoms with Crippen LogP contribution in [0.1, 0.15) is 5.56 Å². The van der Waals surface area contributed by atoms with Gasteiger partial charge in [-0.1, -0.05) is 30.8 Å². The van der Waals surface area contributed by atoms with E-state index < -0.39 is 5.97 Å². The molecule has 1 heterocycles. The van der Waals surface area contributed by atoms with Crippen LogP contribution in [0.3, 0.4) is 0 Å². The first-order valence-corrected chi connectivity index (χ1v) is 5.46. The van der Waals surface area contributed by atoms with Crippen molar-refractivity contribution in [2.24, 2.45) is 5.73 Å². The molecule has 0 saturated heterocycles. The largest absolute Gasteiger partial charge is 0.425 e. The van der Waals surface area contributed by atoms with Crippen LogP contribution in [-0.2, 0) is 11.3 Å². The number of furan rings is 1. The molecule has 0 aliphatic rings. The number of benzene rings is 1. The molecule has 92 valence electrons. The molecule has 4 heteroatoms. The van der Waals surface area contributed by atoms with E-state index in [0.29, 0.717) is 12.3 Å². The molecule has 1 aromatic heterocycles. The molecule has 0 fully saturated rings. The lowest BCUT2D eigenvalue weighted by Gasteiger charge is -1.99. The maximum atomic E-state index is 11.0. The van der Waals surface area contributed by atoms with Crippen LogP contribution in [-0.4, -0.2) is 5.97 Å². The van der Waals surface area contributed by atoms with Gasteiger partial charge in [0.25, 0.3) is 5.95 Å². The van der Waals surface area contributed by atoms with E-state index in [2.05, 4.69) is 6.58 Å². The molecule has 0 aliphatic heterocycles. The van der Waals surface area contributed by atoms with Gasteiger partial charge in [-0.05, 0) is 11.6 Å². The Balaban J connectivity index is 2.18. The Morgan fingerprint density at radius 1 is 1.28 bits per heavy atom. The normalized spacial score (nSPS) is 10.1. The van der Waals surface area contributed by atoms with Crippen LogP contribution in [0.5, 0.6) is 5.95 Å². The van der Waals surface area contributed by atoms with Crippen molar-refractivity contribution in [3.05, 3.63) is 54.6 Å². The van der Waals surface area contributed by atoms with Gasteiger partial charge in [-0.2, -0.15) is 0 Å². The molecule has 18 heavy (non-hydrogen) atoms. The monoisotopic (exact) mass is 243 g/mol. The number of carbonyl (C=O) groups excluding carboxylic acids is 1. The van der Waals surface area contributed by atoms with Gasteiger partial charge in [-0.15, -0.1) is 0 Å². The van der Waals surface area contributed by atoms with Crippen molar-refractivity contribution in [3.8, 4) is 17.3 Å². The standard InChI is InChI=1S/C14H13NO3/c1-2-13(16)18-14-8-7-12(17-14)11-5-3-10(9-15)4-6-11/h2-8H,1,9,15H2. The van der Waals surface area contributed by atoms with Crippen LogP contribution in [0.4, 0.5) is 0 Å². The molecule has 0 bridgehead atoms. The smallest absolute Gasteiger partial charge is 0.337 e. The second kappa shape index (κ2) is 5.33. The van der Waals surface area contributed by atoms with Crippen molar-refractivity contribution < 1.29 is 13.9 Å². The fourth-order valence-electron chi connectivity index (χ4n) is 1.48. The summed E-state index contributed by atoms with van der Waals surface area (Å²) in [4.78, 5) is 11.0. The Labute approximate surface area is 105 Å². The Bertz CT molecular complexity index is 555. The predicted molar refractivity (Wildman–Crippen MR) is 67.9 cm³/mol. The summed E-state index contributed by atoms with van der Waals surface area (Å²) < 4.78 is 10.3. The average molecular weight is 243 g/mol. The average Bonchev–Trinajstić information content (AvgIpc) is 2.87. The number of hydrogen-bond donors (Lipinski definition) is 1. The summed E-state index contributed by atoms with van der Waals surface area (Å²) in [5.41, 5.74) is 7.46. The van der Waals surface area contributed by atoms with E-state index in [0.717, 1.165) is 17.2 Å². The molecule has 0 atom stereocenters. The molecular formula is C14H13NO3. The van der Waals surface area contributed by atoms with Crippen LogP contribution >= 0.6 is 0 Å². The fraction of sp³-hybridized carbons (Fsp3) is 0.0714. The van der Waals surface area contributed by atoms with Crippen molar-refractivity contribution in [1.29, 1.82) is 0 Å². The zero-order valence-corrected chi connectivity index (χ0v) is 9.76. The molecule has 2 rings (SSSR count). The third-order valence-corrected chi connectivity index (χ3v) is 2.42. The Morgan fingerprint density at radius 2 is 2.00 bits per heavy atom. The highest BCUT2D eigenvalue weighted by molar-refractivity contribution is 5.83. The highest BCUT2D eigenvalue weighted by atomic mass is 16.6. The summed E-state index contributed by atoms with van der Waals surface area (Å²) in [7, 11) is 0. The number of rotatable bonds is 4. The number of esters is 1. The highest BCUT2D eigenvalue weighted by Gasteiger charge is 2.07. The van der Waals surface area contributed by atoms with Crippen LogP contribution in [0.25, 0.3) is 11.3 Å². The Hall–Kier alpha value is -2.33. The van der Waals surface area contributed by atoms with Gasteiger partial charge in [-0.25, -0.2) is 4.79 Å². The van der Waals surface area contributed by atoms with Crippen LogP contribution in [0.15, 0.2) is 53.5 Å². The summed E-state index contributed by atoms with van der Waals surface area (Å²) in [5, 5.41) is 0. The first-order valence-electron chi connectivity index (χ1n) is 5.46. The SMILES string of the molecule is C=CC(=O)Oc1ccc(-c2ccc(CN)cc2)o1. The fourth-order valence-corrected chi connectivity index (χ4v) is 1.48.